The van der Waals surface area contributed by atoms with Crippen molar-refractivity contribution in [3.05, 3.63) is 35.6 Å². The summed E-state index contributed by atoms with van der Waals surface area (Å²) in [5.74, 6) is 0.354. The van der Waals surface area contributed by atoms with E-state index in [9.17, 15) is 9.18 Å². The van der Waals surface area contributed by atoms with Gasteiger partial charge in [0, 0.05) is 12.6 Å². The van der Waals surface area contributed by atoms with Crippen molar-refractivity contribution in [2.45, 2.75) is 25.8 Å². The second kappa shape index (κ2) is 5.96. The van der Waals surface area contributed by atoms with Gasteiger partial charge in [-0.2, -0.15) is 0 Å². The molecule has 2 rings (SSSR count). The van der Waals surface area contributed by atoms with Crippen LogP contribution in [0, 0.1) is 11.7 Å². The zero-order chi connectivity index (χ0) is 13.0. The van der Waals surface area contributed by atoms with E-state index in [4.69, 9.17) is 0 Å². The summed E-state index contributed by atoms with van der Waals surface area (Å²) in [6, 6.07) is 6.69. The quantitative estimate of drug-likeness (QED) is 0.811. The van der Waals surface area contributed by atoms with Crippen LogP contribution in [0.2, 0.25) is 0 Å². The van der Waals surface area contributed by atoms with E-state index in [-0.39, 0.29) is 17.8 Å². The maximum absolute atomic E-state index is 12.9. The first-order valence-corrected chi connectivity index (χ1v) is 6.46. The maximum atomic E-state index is 12.9. The third-order valence-electron chi connectivity index (χ3n) is 3.18. The molecule has 0 aromatic heterocycles. The molecule has 1 amide bonds. The molecule has 0 spiro atoms. The molecule has 2 N–H and O–H groups in total. The molecule has 98 valence electrons. The zero-order valence-electron chi connectivity index (χ0n) is 10.6. The van der Waals surface area contributed by atoms with Crippen molar-refractivity contribution in [3.63, 3.8) is 0 Å². The molecule has 0 bridgehead atoms. The number of carbonyl (C=O) groups excluding carboxylic acids is 1. The fourth-order valence-electron chi connectivity index (χ4n) is 2.12. The third-order valence-corrected chi connectivity index (χ3v) is 3.18. The zero-order valence-corrected chi connectivity index (χ0v) is 10.6. The van der Waals surface area contributed by atoms with E-state index in [0.29, 0.717) is 19.0 Å². The van der Waals surface area contributed by atoms with Crippen LogP contribution in [-0.4, -0.2) is 19.0 Å². The number of hydrogen-bond acceptors (Lipinski definition) is 2. The lowest BCUT2D eigenvalue weighted by Crippen LogP contribution is -2.36. The molecule has 0 radical (unpaired) electrons. The number of benzene rings is 1. The fraction of sp³-hybridized carbons (Fsp3) is 0.500. The summed E-state index contributed by atoms with van der Waals surface area (Å²) in [5.41, 5.74) is 1.06. The van der Waals surface area contributed by atoms with Crippen molar-refractivity contribution in [2.75, 3.05) is 13.1 Å². The van der Waals surface area contributed by atoms with Gasteiger partial charge < -0.3 is 10.6 Å². The number of rotatable bonds is 6. The Morgan fingerprint density at radius 3 is 2.61 bits per heavy atom. The van der Waals surface area contributed by atoms with E-state index in [1.165, 1.54) is 25.0 Å². The first-order chi connectivity index (χ1) is 8.70. The lowest BCUT2D eigenvalue weighted by Gasteiger charge is -2.18. The highest BCUT2D eigenvalue weighted by Gasteiger charge is 2.32. The third kappa shape index (κ3) is 3.53. The molecule has 0 heterocycles. The van der Waals surface area contributed by atoms with E-state index in [1.807, 2.05) is 6.92 Å². The largest absolute Gasteiger partial charge is 0.355 e. The monoisotopic (exact) mass is 250 g/mol. The Hall–Kier alpha value is -1.42. The summed E-state index contributed by atoms with van der Waals surface area (Å²) in [4.78, 5) is 11.4. The van der Waals surface area contributed by atoms with Crippen LogP contribution in [0.15, 0.2) is 24.3 Å². The summed E-state index contributed by atoms with van der Waals surface area (Å²) in [6.45, 7) is 2.85. The molecule has 4 heteroatoms. The van der Waals surface area contributed by atoms with Gasteiger partial charge in [-0.05, 0) is 43.4 Å². The number of likely N-dealkylation sites (N-methyl/N-ethyl adjacent to an activating group) is 1. The molecule has 1 aromatic carbocycles. The molecule has 1 aromatic rings. The van der Waals surface area contributed by atoms with E-state index < -0.39 is 0 Å². The van der Waals surface area contributed by atoms with Gasteiger partial charge in [-0.3, -0.25) is 4.79 Å². The molecular weight excluding hydrogens is 231 g/mol. The molecule has 1 fully saturated rings. The summed E-state index contributed by atoms with van der Waals surface area (Å²) in [7, 11) is 0. The van der Waals surface area contributed by atoms with Gasteiger partial charge in [0.1, 0.15) is 5.82 Å². The first-order valence-electron chi connectivity index (χ1n) is 6.46. The predicted molar refractivity (Wildman–Crippen MR) is 68.6 cm³/mol. The molecule has 3 nitrogen and oxygen atoms in total. The van der Waals surface area contributed by atoms with Gasteiger partial charge in [-0.1, -0.05) is 12.1 Å². The average Bonchev–Trinajstić information content (AvgIpc) is 3.16. The summed E-state index contributed by atoms with van der Waals surface area (Å²) in [5, 5.41) is 6.03. The normalized spacial score (nSPS) is 16.3. The number of amides is 1. The minimum Gasteiger partial charge on any atom is -0.355 e. The summed E-state index contributed by atoms with van der Waals surface area (Å²) >= 11 is 0. The molecule has 1 aliphatic carbocycles. The van der Waals surface area contributed by atoms with Crippen LogP contribution in [0.1, 0.15) is 31.4 Å². The van der Waals surface area contributed by atoms with Crippen LogP contribution in [0.3, 0.4) is 0 Å². The van der Waals surface area contributed by atoms with E-state index in [0.717, 1.165) is 5.56 Å². The van der Waals surface area contributed by atoms with Crippen LogP contribution < -0.4 is 10.6 Å². The van der Waals surface area contributed by atoms with Crippen molar-refractivity contribution < 1.29 is 9.18 Å². The first kappa shape index (κ1) is 13.0. The van der Waals surface area contributed by atoms with E-state index in [2.05, 4.69) is 10.6 Å². The Bertz CT molecular complexity index is 401. The molecule has 1 aliphatic rings. The Morgan fingerprint density at radius 1 is 1.39 bits per heavy atom. The molecule has 0 saturated heterocycles. The molecule has 1 saturated carbocycles. The smallest absolute Gasteiger partial charge is 0.233 e. The van der Waals surface area contributed by atoms with E-state index in [1.54, 1.807) is 12.1 Å². The highest BCUT2D eigenvalue weighted by molar-refractivity contribution is 5.77. The van der Waals surface area contributed by atoms with Crippen LogP contribution >= 0.6 is 0 Å². The highest BCUT2D eigenvalue weighted by atomic mass is 19.1. The number of nitrogens with one attached hydrogen (secondary N) is 2. The van der Waals surface area contributed by atoms with Gasteiger partial charge in [-0.15, -0.1) is 0 Å². The molecule has 1 unspecified atom stereocenters. The van der Waals surface area contributed by atoms with Crippen LogP contribution in [0.25, 0.3) is 0 Å². The van der Waals surface area contributed by atoms with Crippen molar-refractivity contribution in [1.29, 1.82) is 0 Å². The molecule has 0 aliphatic heterocycles. The number of hydrogen-bond donors (Lipinski definition) is 2. The topological polar surface area (TPSA) is 41.1 Å². The van der Waals surface area contributed by atoms with Gasteiger partial charge in [0.15, 0.2) is 0 Å². The number of halogens is 1. The Labute approximate surface area is 107 Å². The standard InChI is InChI=1S/C14H19FN2O/c1-2-16-13(18)9-17-14(10-3-4-10)11-5-7-12(15)8-6-11/h5-8,10,14,17H,2-4,9H2,1H3,(H,16,18). The van der Waals surface area contributed by atoms with Gasteiger partial charge >= 0.3 is 0 Å². The Morgan fingerprint density at radius 2 is 2.06 bits per heavy atom. The van der Waals surface area contributed by atoms with Gasteiger partial charge in [0.25, 0.3) is 0 Å². The van der Waals surface area contributed by atoms with Gasteiger partial charge in [0.2, 0.25) is 5.91 Å². The molecule has 1 atom stereocenters. The van der Waals surface area contributed by atoms with Crippen LogP contribution in [0.5, 0.6) is 0 Å². The summed E-state index contributed by atoms with van der Waals surface area (Å²) < 4.78 is 12.9. The maximum Gasteiger partial charge on any atom is 0.233 e. The van der Waals surface area contributed by atoms with Crippen molar-refractivity contribution in [2.24, 2.45) is 5.92 Å². The van der Waals surface area contributed by atoms with Crippen molar-refractivity contribution in [3.8, 4) is 0 Å². The summed E-state index contributed by atoms with van der Waals surface area (Å²) in [6.07, 6.45) is 2.34. The second-order valence-electron chi connectivity index (χ2n) is 4.70. The predicted octanol–water partition coefficient (Wildman–Crippen LogP) is 2.00. The average molecular weight is 250 g/mol. The fourth-order valence-corrected chi connectivity index (χ4v) is 2.12. The van der Waals surface area contributed by atoms with E-state index >= 15 is 0 Å². The van der Waals surface area contributed by atoms with Crippen molar-refractivity contribution in [1.82, 2.24) is 10.6 Å². The SMILES string of the molecule is CCNC(=O)CNC(c1ccc(F)cc1)C1CC1. The minimum atomic E-state index is -0.225. The van der Waals surface area contributed by atoms with Crippen LogP contribution in [0.4, 0.5) is 4.39 Å². The van der Waals surface area contributed by atoms with Crippen molar-refractivity contribution >= 4 is 5.91 Å². The molecular formula is C14H19FN2O. The minimum absolute atomic E-state index is 0.00487. The number of carbonyl (C=O) groups is 1. The Kier molecular flexibility index (Phi) is 4.31. The highest BCUT2D eigenvalue weighted by Crippen LogP contribution is 2.40. The molecule has 18 heavy (non-hydrogen) atoms. The lowest BCUT2D eigenvalue weighted by molar-refractivity contribution is -0.120. The van der Waals surface area contributed by atoms with Gasteiger partial charge in [-0.25, -0.2) is 4.39 Å². The van der Waals surface area contributed by atoms with Gasteiger partial charge in [0.05, 0.1) is 6.54 Å². The Balaban J connectivity index is 1.96. The van der Waals surface area contributed by atoms with Crippen LogP contribution in [-0.2, 0) is 4.79 Å². The second-order valence-corrected chi connectivity index (χ2v) is 4.70. The lowest BCUT2D eigenvalue weighted by atomic mass is 10.0.